The van der Waals surface area contributed by atoms with Crippen molar-refractivity contribution in [2.45, 2.75) is 19.5 Å². The SMILES string of the molecule is O=C(NCc1ccc(CN2CCc3ccccc32)cc1)c1cccc[n+]1[O-]. The lowest BCUT2D eigenvalue weighted by Crippen LogP contribution is -2.38. The van der Waals surface area contributed by atoms with Crippen LogP contribution < -0.4 is 14.9 Å². The topological polar surface area (TPSA) is 59.3 Å². The number of carbonyl (C=O) groups is 1. The Hall–Kier alpha value is -3.34. The van der Waals surface area contributed by atoms with Gasteiger partial charge >= 0.3 is 5.91 Å². The highest BCUT2D eigenvalue weighted by atomic mass is 16.5. The number of pyridine rings is 1. The zero-order valence-electron chi connectivity index (χ0n) is 15.0. The number of nitrogens with zero attached hydrogens (tertiary/aromatic N) is 2. The standard InChI is InChI=1S/C22H21N3O2/c26-22(21-7-3-4-13-25(21)27)23-15-17-8-10-18(11-9-17)16-24-14-12-19-5-1-2-6-20(19)24/h1-11,13H,12,14-16H2,(H,23,26). The summed E-state index contributed by atoms with van der Waals surface area (Å²) >= 11 is 0. The van der Waals surface area contributed by atoms with Gasteiger partial charge in [-0.15, -0.1) is 0 Å². The Morgan fingerprint density at radius 3 is 2.56 bits per heavy atom. The second-order valence-electron chi connectivity index (χ2n) is 6.71. The Balaban J connectivity index is 1.36. The average molecular weight is 359 g/mol. The van der Waals surface area contributed by atoms with Crippen LogP contribution in [0.25, 0.3) is 0 Å². The molecule has 1 aromatic heterocycles. The highest BCUT2D eigenvalue weighted by Gasteiger charge is 2.18. The Labute approximate surface area is 158 Å². The monoisotopic (exact) mass is 359 g/mol. The molecular weight excluding hydrogens is 338 g/mol. The van der Waals surface area contributed by atoms with Gasteiger partial charge in [0.1, 0.15) is 0 Å². The molecule has 2 heterocycles. The molecule has 0 spiro atoms. The van der Waals surface area contributed by atoms with Gasteiger partial charge in [-0.3, -0.25) is 4.79 Å². The van der Waals surface area contributed by atoms with Crippen molar-refractivity contribution in [3.05, 3.63) is 101 Å². The maximum absolute atomic E-state index is 12.1. The Kier molecular flexibility index (Phi) is 4.75. The molecule has 1 amide bonds. The van der Waals surface area contributed by atoms with Crippen molar-refractivity contribution in [2.24, 2.45) is 0 Å². The van der Waals surface area contributed by atoms with Crippen LogP contribution in [0.5, 0.6) is 0 Å². The number of benzene rings is 2. The zero-order chi connectivity index (χ0) is 18.6. The van der Waals surface area contributed by atoms with Crippen molar-refractivity contribution >= 4 is 11.6 Å². The lowest BCUT2D eigenvalue weighted by Gasteiger charge is -2.19. The molecular formula is C22H21N3O2. The molecule has 0 aliphatic carbocycles. The summed E-state index contributed by atoms with van der Waals surface area (Å²) in [5, 5.41) is 14.4. The number of fused-ring (bicyclic) bond motifs is 1. The number of carbonyl (C=O) groups excluding carboxylic acids is 1. The van der Waals surface area contributed by atoms with Crippen LogP contribution in [0.3, 0.4) is 0 Å². The third-order valence-corrected chi connectivity index (χ3v) is 4.89. The zero-order valence-corrected chi connectivity index (χ0v) is 15.0. The number of hydrogen-bond donors (Lipinski definition) is 1. The second kappa shape index (κ2) is 7.50. The van der Waals surface area contributed by atoms with Gasteiger partial charge in [0.15, 0.2) is 6.20 Å². The van der Waals surface area contributed by atoms with Crippen molar-refractivity contribution < 1.29 is 9.52 Å². The molecule has 0 radical (unpaired) electrons. The van der Waals surface area contributed by atoms with E-state index >= 15 is 0 Å². The molecule has 5 heteroatoms. The highest BCUT2D eigenvalue weighted by molar-refractivity contribution is 5.90. The predicted molar refractivity (Wildman–Crippen MR) is 104 cm³/mol. The van der Waals surface area contributed by atoms with Gasteiger partial charge in [0.05, 0.1) is 0 Å². The molecule has 4 rings (SSSR count). The minimum absolute atomic E-state index is 0.0989. The average Bonchev–Trinajstić information content (AvgIpc) is 3.10. The summed E-state index contributed by atoms with van der Waals surface area (Å²) in [7, 11) is 0. The first-order valence-electron chi connectivity index (χ1n) is 9.08. The van der Waals surface area contributed by atoms with E-state index in [1.165, 1.54) is 29.1 Å². The van der Waals surface area contributed by atoms with E-state index in [-0.39, 0.29) is 11.6 Å². The van der Waals surface area contributed by atoms with Gasteiger partial charge in [0, 0.05) is 37.5 Å². The fraction of sp³-hybridized carbons (Fsp3) is 0.182. The maximum atomic E-state index is 12.1. The van der Waals surface area contributed by atoms with Gasteiger partial charge in [0.2, 0.25) is 0 Å². The quantitative estimate of drug-likeness (QED) is 0.563. The molecule has 0 bridgehead atoms. The van der Waals surface area contributed by atoms with E-state index in [1.807, 2.05) is 12.1 Å². The molecule has 1 N–H and O–H groups in total. The lowest BCUT2D eigenvalue weighted by atomic mass is 10.1. The van der Waals surface area contributed by atoms with Crippen molar-refractivity contribution in [3.63, 3.8) is 0 Å². The number of aromatic nitrogens is 1. The smallest absolute Gasteiger partial charge is 0.317 e. The number of rotatable bonds is 5. The summed E-state index contributed by atoms with van der Waals surface area (Å²) in [6, 6.07) is 21.6. The van der Waals surface area contributed by atoms with Crippen molar-refractivity contribution in [2.75, 3.05) is 11.4 Å². The Morgan fingerprint density at radius 1 is 1.00 bits per heavy atom. The Morgan fingerprint density at radius 2 is 1.74 bits per heavy atom. The van der Waals surface area contributed by atoms with Gasteiger partial charge in [-0.05, 0) is 35.2 Å². The number of hydrogen-bond acceptors (Lipinski definition) is 3. The van der Waals surface area contributed by atoms with E-state index < -0.39 is 0 Å². The first-order chi connectivity index (χ1) is 13.2. The van der Waals surface area contributed by atoms with Crippen LogP contribution in [0.2, 0.25) is 0 Å². The molecule has 1 aliphatic heterocycles. The molecule has 0 fully saturated rings. The number of nitrogens with one attached hydrogen (secondary N) is 1. The molecule has 0 saturated heterocycles. The first kappa shape index (κ1) is 17.1. The van der Waals surface area contributed by atoms with Crippen molar-refractivity contribution in [3.8, 4) is 0 Å². The fourth-order valence-corrected chi connectivity index (χ4v) is 3.43. The molecule has 0 atom stereocenters. The van der Waals surface area contributed by atoms with Crippen LogP contribution in [0.4, 0.5) is 5.69 Å². The summed E-state index contributed by atoms with van der Waals surface area (Å²) in [6.07, 6.45) is 2.42. The maximum Gasteiger partial charge on any atom is 0.317 e. The van der Waals surface area contributed by atoms with E-state index in [4.69, 9.17) is 0 Å². The lowest BCUT2D eigenvalue weighted by molar-refractivity contribution is -0.607. The van der Waals surface area contributed by atoms with Gasteiger partial charge < -0.3 is 15.4 Å². The van der Waals surface area contributed by atoms with Crippen LogP contribution in [0.15, 0.2) is 72.9 Å². The van der Waals surface area contributed by atoms with Crippen LogP contribution in [-0.4, -0.2) is 12.5 Å². The molecule has 1 aliphatic rings. The number of para-hydroxylation sites is 1. The van der Waals surface area contributed by atoms with E-state index in [0.29, 0.717) is 11.3 Å². The molecule has 27 heavy (non-hydrogen) atoms. The van der Waals surface area contributed by atoms with Gasteiger partial charge in [-0.1, -0.05) is 42.5 Å². The van der Waals surface area contributed by atoms with E-state index in [0.717, 1.165) is 25.1 Å². The van der Waals surface area contributed by atoms with E-state index in [2.05, 4.69) is 46.6 Å². The highest BCUT2D eigenvalue weighted by Crippen LogP contribution is 2.28. The van der Waals surface area contributed by atoms with Gasteiger partial charge in [0.25, 0.3) is 5.69 Å². The van der Waals surface area contributed by atoms with Crippen molar-refractivity contribution in [1.29, 1.82) is 0 Å². The molecule has 0 saturated carbocycles. The summed E-state index contributed by atoms with van der Waals surface area (Å²) in [5.41, 5.74) is 5.07. The molecule has 0 unspecified atom stereocenters. The van der Waals surface area contributed by atoms with E-state index in [1.54, 1.807) is 12.1 Å². The minimum Gasteiger partial charge on any atom is -0.618 e. The summed E-state index contributed by atoms with van der Waals surface area (Å²) in [4.78, 5) is 14.5. The number of amides is 1. The summed E-state index contributed by atoms with van der Waals surface area (Å²) < 4.78 is 0.576. The second-order valence-corrected chi connectivity index (χ2v) is 6.71. The van der Waals surface area contributed by atoms with Crippen LogP contribution in [-0.2, 0) is 19.5 Å². The van der Waals surface area contributed by atoms with E-state index in [9.17, 15) is 10.0 Å². The Bertz CT molecular complexity index is 954. The predicted octanol–water partition coefficient (Wildman–Crippen LogP) is 2.81. The van der Waals surface area contributed by atoms with Gasteiger partial charge in [-0.2, -0.15) is 4.73 Å². The third kappa shape index (κ3) is 3.77. The van der Waals surface area contributed by atoms with Crippen LogP contribution in [0, 0.1) is 5.21 Å². The molecule has 5 nitrogen and oxygen atoms in total. The first-order valence-corrected chi connectivity index (χ1v) is 9.08. The fourth-order valence-electron chi connectivity index (χ4n) is 3.43. The molecule has 2 aromatic carbocycles. The molecule has 3 aromatic rings. The largest absolute Gasteiger partial charge is 0.618 e. The number of anilines is 1. The molecule has 136 valence electrons. The van der Waals surface area contributed by atoms with Crippen LogP contribution in [0.1, 0.15) is 27.2 Å². The summed E-state index contributed by atoms with van der Waals surface area (Å²) in [6.45, 7) is 2.31. The van der Waals surface area contributed by atoms with Gasteiger partial charge in [-0.25, -0.2) is 0 Å². The van der Waals surface area contributed by atoms with Crippen molar-refractivity contribution in [1.82, 2.24) is 5.32 Å². The minimum atomic E-state index is -0.372. The summed E-state index contributed by atoms with van der Waals surface area (Å²) in [5.74, 6) is -0.372. The van der Waals surface area contributed by atoms with Crippen LogP contribution >= 0.6 is 0 Å². The normalized spacial score (nSPS) is 12.7. The third-order valence-electron chi connectivity index (χ3n) is 4.89.